The summed E-state index contributed by atoms with van der Waals surface area (Å²) in [5.41, 5.74) is 3.56. The van der Waals surface area contributed by atoms with Crippen LogP contribution in [0.15, 0.2) is 18.2 Å². The monoisotopic (exact) mass is 219 g/mol. The molecular weight excluding hydrogens is 198 g/mol. The zero-order valence-corrected chi connectivity index (χ0v) is 10.9. The van der Waals surface area contributed by atoms with Crippen molar-refractivity contribution >= 4 is 11.5 Å². The van der Waals surface area contributed by atoms with Gasteiger partial charge in [-0.05, 0) is 30.0 Å². The van der Waals surface area contributed by atoms with E-state index in [2.05, 4.69) is 36.9 Å². The van der Waals surface area contributed by atoms with Crippen LogP contribution in [0.3, 0.4) is 0 Å². The predicted octanol–water partition coefficient (Wildman–Crippen LogP) is 3.01. The third-order valence-corrected chi connectivity index (χ3v) is 2.69. The van der Waals surface area contributed by atoms with Crippen molar-refractivity contribution in [3.05, 3.63) is 29.3 Å². The molecule has 0 aromatic heterocycles. The lowest BCUT2D eigenvalue weighted by molar-refractivity contribution is -0.116. The normalized spacial score (nSPS) is 10.6. The second-order valence-corrected chi connectivity index (χ2v) is 4.82. The van der Waals surface area contributed by atoms with E-state index in [0.29, 0.717) is 12.3 Å². The number of nitrogens with zero attached hydrogens (tertiary/aromatic N) is 1. The molecule has 0 aliphatic heterocycles. The van der Waals surface area contributed by atoms with Crippen LogP contribution < -0.4 is 4.90 Å². The maximum atomic E-state index is 11.3. The van der Waals surface area contributed by atoms with Gasteiger partial charge in [0.15, 0.2) is 0 Å². The first-order chi connectivity index (χ1) is 7.41. The molecule has 1 aromatic rings. The van der Waals surface area contributed by atoms with E-state index < -0.39 is 0 Å². The molecule has 0 aliphatic carbocycles. The van der Waals surface area contributed by atoms with Crippen LogP contribution in [0.2, 0.25) is 0 Å². The van der Waals surface area contributed by atoms with Crippen LogP contribution in [-0.4, -0.2) is 19.9 Å². The van der Waals surface area contributed by atoms with Crippen LogP contribution in [0.1, 0.15) is 37.8 Å². The smallest absolute Gasteiger partial charge is 0.134 e. The molecule has 1 aromatic carbocycles. The van der Waals surface area contributed by atoms with Crippen LogP contribution in [0.25, 0.3) is 0 Å². The number of carbonyl (C=O) groups is 1. The Morgan fingerprint density at radius 1 is 1.31 bits per heavy atom. The van der Waals surface area contributed by atoms with Crippen molar-refractivity contribution in [2.75, 3.05) is 19.0 Å². The molecule has 1 rings (SSSR count). The Bertz CT molecular complexity index is 380. The number of benzene rings is 1. The van der Waals surface area contributed by atoms with E-state index in [1.165, 1.54) is 5.56 Å². The van der Waals surface area contributed by atoms with Gasteiger partial charge in [-0.25, -0.2) is 0 Å². The Morgan fingerprint density at radius 3 is 2.38 bits per heavy atom. The maximum Gasteiger partial charge on any atom is 0.134 e. The fraction of sp³-hybridized carbons (Fsp3) is 0.500. The summed E-state index contributed by atoms with van der Waals surface area (Å²) in [6.45, 7) is 5.98. The number of rotatable bonds is 4. The second-order valence-electron chi connectivity index (χ2n) is 4.82. The first-order valence-electron chi connectivity index (χ1n) is 5.71. The number of hydrogen-bond donors (Lipinski definition) is 0. The fourth-order valence-corrected chi connectivity index (χ4v) is 1.81. The van der Waals surface area contributed by atoms with Gasteiger partial charge in [0, 0.05) is 26.2 Å². The number of anilines is 1. The SMILES string of the molecule is CC(=O)Cc1cc(C(C)C)ccc1N(C)C. The van der Waals surface area contributed by atoms with Crippen molar-refractivity contribution in [1.82, 2.24) is 0 Å². The summed E-state index contributed by atoms with van der Waals surface area (Å²) in [6, 6.07) is 6.40. The van der Waals surface area contributed by atoms with Crippen LogP contribution >= 0.6 is 0 Å². The van der Waals surface area contributed by atoms with Gasteiger partial charge in [-0.3, -0.25) is 4.79 Å². The van der Waals surface area contributed by atoms with E-state index in [-0.39, 0.29) is 5.78 Å². The lowest BCUT2D eigenvalue weighted by atomic mass is 9.97. The Labute approximate surface area is 98.3 Å². The largest absolute Gasteiger partial charge is 0.377 e. The first-order valence-corrected chi connectivity index (χ1v) is 5.71. The Kier molecular flexibility index (Phi) is 4.11. The highest BCUT2D eigenvalue weighted by atomic mass is 16.1. The zero-order chi connectivity index (χ0) is 12.3. The highest BCUT2D eigenvalue weighted by molar-refractivity contribution is 5.80. The van der Waals surface area contributed by atoms with E-state index in [9.17, 15) is 4.79 Å². The molecule has 0 saturated carbocycles. The second kappa shape index (κ2) is 5.15. The molecule has 0 N–H and O–H groups in total. The minimum atomic E-state index is 0.212. The standard InChI is InChI=1S/C14H21NO/c1-10(2)12-6-7-14(15(4)5)13(9-12)8-11(3)16/h6-7,9-10H,8H2,1-5H3. The van der Waals surface area contributed by atoms with E-state index in [0.717, 1.165) is 11.3 Å². The number of Topliss-reactive ketones (excluding diaryl/α,β-unsaturated/α-hetero) is 1. The molecular formula is C14H21NO. The van der Waals surface area contributed by atoms with Gasteiger partial charge in [-0.1, -0.05) is 26.0 Å². The summed E-state index contributed by atoms with van der Waals surface area (Å²) >= 11 is 0. The highest BCUT2D eigenvalue weighted by Gasteiger charge is 2.09. The minimum absolute atomic E-state index is 0.212. The summed E-state index contributed by atoms with van der Waals surface area (Å²) in [7, 11) is 4.02. The first kappa shape index (κ1) is 12.8. The van der Waals surface area contributed by atoms with Gasteiger partial charge >= 0.3 is 0 Å². The summed E-state index contributed by atoms with van der Waals surface area (Å²) in [6.07, 6.45) is 0.522. The minimum Gasteiger partial charge on any atom is -0.377 e. The van der Waals surface area contributed by atoms with E-state index in [4.69, 9.17) is 0 Å². The molecule has 0 radical (unpaired) electrons. The molecule has 0 atom stereocenters. The molecule has 2 heteroatoms. The summed E-state index contributed by atoms with van der Waals surface area (Å²) in [5.74, 6) is 0.714. The highest BCUT2D eigenvalue weighted by Crippen LogP contribution is 2.24. The number of carbonyl (C=O) groups excluding carboxylic acids is 1. The van der Waals surface area contributed by atoms with Crippen molar-refractivity contribution < 1.29 is 4.79 Å². The average molecular weight is 219 g/mol. The van der Waals surface area contributed by atoms with Gasteiger partial charge in [0.05, 0.1) is 0 Å². The molecule has 0 bridgehead atoms. The van der Waals surface area contributed by atoms with Crippen LogP contribution in [0.4, 0.5) is 5.69 Å². The predicted molar refractivity (Wildman–Crippen MR) is 69.2 cm³/mol. The molecule has 0 heterocycles. The molecule has 0 spiro atoms. The third-order valence-electron chi connectivity index (χ3n) is 2.69. The van der Waals surface area contributed by atoms with Crippen molar-refractivity contribution in [2.45, 2.75) is 33.1 Å². The van der Waals surface area contributed by atoms with Crippen molar-refractivity contribution in [2.24, 2.45) is 0 Å². The molecule has 0 amide bonds. The van der Waals surface area contributed by atoms with Gasteiger partial charge in [0.2, 0.25) is 0 Å². The lowest BCUT2D eigenvalue weighted by Crippen LogP contribution is -2.13. The molecule has 88 valence electrons. The van der Waals surface area contributed by atoms with Crippen LogP contribution in [0.5, 0.6) is 0 Å². The van der Waals surface area contributed by atoms with Gasteiger partial charge in [-0.2, -0.15) is 0 Å². The van der Waals surface area contributed by atoms with Crippen molar-refractivity contribution in [3.8, 4) is 0 Å². The van der Waals surface area contributed by atoms with E-state index in [1.54, 1.807) is 6.92 Å². The zero-order valence-electron chi connectivity index (χ0n) is 10.9. The van der Waals surface area contributed by atoms with Gasteiger partial charge < -0.3 is 4.90 Å². The van der Waals surface area contributed by atoms with E-state index >= 15 is 0 Å². The van der Waals surface area contributed by atoms with Gasteiger partial charge in [-0.15, -0.1) is 0 Å². The lowest BCUT2D eigenvalue weighted by Gasteiger charge is -2.19. The molecule has 16 heavy (non-hydrogen) atoms. The van der Waals surface area contributed by atoms with Crippen LogP contribution in [-0.2, 0) is 11.2 Å². The summed E-state index contributed by atoms with van der Waals surface area (Å²) in [4.78, 5) is 13.3. The molecule has 2 nitrogen and oxygen atoms in total. The Morgan fingerprint density at radius 2 is 1.94 bits per heavy atom. The third kappa shape index (κ3) is 3.09. The summed E-state index contributed by atoms with van der Waals surface area (Å²) < 4.78 is 0. The van der Waals surface area contributed by atoms with E-state index in [1.807, 2.05) is 14.1 Å². The van der Waals surface area contributed by atoms with Crippen molar-refractivity contribution in [3.63, 3.8) is 0 Å². The van der Waals surface area contributed by atoms with Crippen molar-refractivity contribution in [1.29, 1.82) is 0 Å². The molecule has 0 aliphatic rings. The molecule has 0 saturated heterocycles. The fourth-order valence-electron chi connectivity index (χ4n) is 1.81. The Hall–Kier alpha value is -1.31. The van der Waals surface area contributed by atoms with Gasteiger partial charge in [0.25, 0.3) is 0 Å². The van der Waals surface area contributed by atoms with Gasteiger partial charge in [0.1, 0.15) is 5.78 Å². The summed E-state index contributed by atoms with van der Waals surface area (Å²) in [5, 5.41) is 0. The Balaban J connectivity index is 3.15. The van der Waals surface area contributed by atoms with Crippen LogP contribution in [0, 0.1) is 0 Å². The quantitative estimate of drug-likeness (QED) is 0.776. The maximum absolute atomic E-state index is 11.3. The average Bonchev–Trinajstić information content (AvgIpc) is 2.15. The number of hydrogen-bond acceptors (Lipinski definition) is 2. The molecule has 0 unspecified atom stereocenters. The topological polar surface area (TPSA) is 20.3 Å². The molecule has 0 fully saturated rings. The number of ketones is 1.